The number of esters is 1. The molecule has 0 aromatic carbocycles. The first-order chi connectivity index (χ1) is 6.07. The van der Waals surface area contributed by atoms with Gasteiger partial charge in [-0.05, 0) is 12.1 Å². The van der Waals surface area contributed by atoms with Crippen molar-refractivity contribution < 1.29 is 9.53 Å². The van der Waals surface area contributed by atoms with Crippen LogP contribution in [0.2, 0.25) is 0 Å². The number of hydrogen-bond acceptors (Lipinski definition) is 3. The number of methoxy groups -OCH3 is 1. The molecule has 0 aliphatic rings. The standard InChI is InChI=1S/C8H11N3O2/c1-11-5(7(9)10)3-4-6(11)8(12)13-2/h3-4H,1-2H3,(H3,9,10). The summed E-state index contributed by atoms with van der Waals surface area (Å²) in [5.74, 6) is -0.507. The fourth-order valence-electron chi connectivity index (χ4n) is 1.09. The van der Waals surface area contributed by atoms with E-state index in [1.54, 1.807) is 19.2 Å². The van der Waals surface area contributed by atoms with Crippen molar-refractivity contribution >= 4 is 11.8 Å². The molecule has 1 heterocycles. The summed E-state index contributed by atoms with van der Waals surface area (Å²) in [6, 6.07) is 3.18. The summed E-state index contributed by atoms with van der Waals surface area (Å²) in [6.45, 7) is 0. The van der Waals surface area contributed by atoms with Crippen molar-refractivity contribution in [1.82, 2.24) is 4.57 Å². The Kier molecular flexibility index (Phi) is 2.36. The van der Waals surface area contributed by atoms with Crippen LogP contribution in [0.4, 0.5) is 0 Å². The first-order valence-electron chi connectivity index (χ1n) is 3.66. The first kappa shape index (κ1) is 9.31. The Morgan fingerprint density at radius 1 is 1.54 bits per heavy atom. The lowest BCUT2D eigenvalue weighted by molar-refractivity contribution is 0.0590. The predicted molar refractivity (Wildman–Crippen MR) is 47.8 cm³/mol. The maximum atomic E-state index is 11.1. The number of aromatic nitrogens is 1. The van der Waals surface area contributed by atoms with Gasteiger partial charge in [-0.25, -0.2) is 4.79 Å². The molecular weight excluding hydrogens is 170 g/mol. The number of amidine groups is 1. The first-order valence-corrected chi connectivity index (χ1v) is 3.66. The average Bonchev–Trinajstić information content (AvgIpc) is 2.46. The van der Waals surface area contributed by atoms with Crippen LogP contribution in [0, 0.1) is 5.41 Å². The third-order valence-electron chi connectivity index (χ3n) is 1.79. The van der Waals surface area contributed by atoms with E-state index in [2.05, 4.69) is 4.74 Å². The van der Waals surface area contributed by atoms with Crippen LogP contribution in [0.3, 0.4) is 0 Å². The van der Waals surface area contributed by atoms with Gasteiger partial charge in [0.1, 0.15) is 11.5 Å². The van der Waals surface area contributed by atoms with E-state index in [0.29, 0.717) is 11.4 Å². The van der Waals surface area contributed by atoms with Crippen LogP contribution in [0.5, 0.6) is 0 Å². The number of nitrogens with one attached hydrogen (secondary N) is 1. The van der Waals surface area contributed by atoms with Gasteiger partial charge in [-0.2, -0.15) is 0 Å². The summed E-state index contributed by atoms with van der Waals surface area (Å²) in [5.41, 5.74) is 6.16. The van der Waals surface area contributed by atoms with E-state index in [4.69, 9.17) is 11.1 Å². The van der Waals surface area contributed by atoms with Gasteiger partial charge in [-0.15, -0.1) is 0 Å². The van der Waals surface area contributed by atoms with E-state index in [-0.39, 0.29) is 5.84 Å². The van der Waals surface area contributed by atoms with Gasteiger partial charge in [0.15, 0.2) is 0 Å². The molecule has 1 aromatic heterocycles. The molecule has 0 aliphatic carbocycles. The highest BCUT2D eigenvalue weighted by atomic mass is 16.5. The molecule has 0 aliphatic heterocycles. The highest BCUT2D eigenvalue weighted by Crippen LogP contribution is 2.07. The topological polar surface area (TPSA) is 81.1 Å². The number of nitrogen functional groups attached to an aromatic ring is 1. The number of nitrogens with zero attached hydrogens (tertiary/aromatic N) is 1. The van der Waals surface area contributed by atoms with Crippen LogP contribution in [-0.4, -0.2) is 23.5 Å². The number of carbonyl (C=O) groups excluding carboxylic acids is 1. The van der Waals surface area contributed by atoms with E-state index in [1.807, 2.05) is 0 Å². The minimum absolute atomic E-state index is 0.0716. The van der Waals surface area contributed by atoms with Crippen molar-refractivity contribution in [1.29, 1.82) is 5.41 Å². The SMILES string of the molecule is COC(=O)c1ccc(C(=N)N)n1C. The maximum Gasteiger partial charge on any atom is 0.354 e. The Balaban J connectivity index is 3.13. The Morgan fingerprint density at radius 3 is 2.46 bits per heavy atom. The molecule has 70 valence electrons. The molecule has 5 nitrogen and oxygen atoms in total. The molecule has 0 unspecified atom stereocenters. The van der Waals surface area contributed by atoms with Crippen molar-refractivity contribution in [2.24, 2.45) is 12.8 Å². The smallest absolute Gasteiger partial charge is 0.354 e. The molecule has 1 aromatic rings. The predicted octanol–water partition coefficient (Wildman–Crippen LogP) is 0.0958. The molecule has 0 fully saturated rings. The Hall–Kier alpha value is -1.78. The second-order valence-corrected chi connectivity index (χ2v) is 2.57. The Labute approximate surface area is 75.6 Å². The van der Waals surface area contributed by atoms with Gasteiger partial charge in [0.2, 0.25) is 0 Å². The average molecular weight is 181 g/mol. The Bertz CT molecular complexity index is 354. The minimum Gasteiger partial charge on any atom is -0.464 e. The summed E-state index contributed by atoms with van der Waals surface area (Å²) < 4.78 is 6.06. The van der Waals surface area contributed by atoms with E-state index in [0.717, 1.165) is 0 Å². The zero-order chi connectivity index (χ0) is 10.0. The number of carbonyl (C=O) groups is 1. The van der Waals surface area contributed by atoms with Crippen LogP contribution in [0.25, 0.3) is 0 Å². The van der Waals surface area contributed by atoms with Crippen molar-refractivity contribution in [2.75, 3.05) is 7.11 Å². The second-order valence-electron chi connectivity index (χ2n) is 2.57. The van der Waals surface area contributed by atoms with E-state index in [1.165, 1.54) is 11.7 Å². The molecule has 0 spiro atoms. The quantitative estimate of drug-likeness (QED) is 0.385. The van der Waals surface area contributed by atoms with Gasteiger partial charge in [0, 0.05) is 7.05 Å². The zero-order valence-electron chi connectivity index (χ0n) is 7.50. The van der Waals surface area contributed by atoms with Gasteiger partial charge < -0.3 is 15.0 Å². The van der Waals surface area contributed by atoms with E-state index in [9.17, 15) is 4.79 Å². The number of nitrogens with two attached hydrogens (primary N) is 1. The fraction of sp³-hybridized carbons (Fsp3) is 0.250. The summed E-state index contributed by atoms with van der Waals surface area (Å²) in [5, 5.41) is 7.19. The van der Waals surface area contributed by atoms with Gasteiger partial charge in [0.25, 0.3) is 0 Å². The third-order valence-corrected chi connectivity index (χ3v) is 1.79. The molecule has 0 atom stereocenters. The minimum atomic E-state index is -0.435. The maximum absolute atomic E-state index is 11.1. The summed E-state index contributed by atoms with van der Waals surface area (Å²) >= 11 is 0. The molecule has 0 amide bonds. The molecule has 5 heteroatoms. The molecule has 0 radical (unpaired) electrons. The monoisotopic (exact) mass is 181 g/mol. The highest BCUT2D eigenvalue weighted by Gasteiger charge is 2.13. The highest BCUT2D eigenvalue weighted by molar-refractivity contribution is 5.96. The largest absolute Gasteiger partial charge is 0.464 e. The summed E-state index contributed by atoms with van der Waals surface area (Å²) in [6.07, 6.45) is 0. The number of hydrogen-bond donors (Lipinski definition) is 2. The van der Waals surface area contributed by atoms with E-state index >= 15 is 0 Å². The van der Waals surface area contributed by atoms with Gasteiger partial charge in [-0.3, -0.25) is 5.41 Å². The van der Waals surface area contributed by atoms with Crippen molar-refractivity contribution in [3.8, 4) is 0 Å². The number of rotatable bonds is 2. The lowest BCUT2D eigenvalue weighted by Gasteiger charge is -2.03. The summed E-state index contributed by atoms with van der Waals surface area (Å²) in [4.78, 5) is 11.1. The number of ether oxygens (including phenoxy) is 1. The van der Waals surface area contributed by atoms with Gasteiger partial charge in [0.05, 0.1) is 12.8 Å². The lowest BCUT2D eigenvalue weighted by atomic mass is 10.4. The molecule has 13 heavy (non-hydrogen) atoms. The summed E-state index contributed by atoms with van der Waals surface area (Å²) in [7, 11) is 2.96. The Morgan fingerprint density at radius 2 is 2.08 bits per heavy atom. The second kappa shape index (κ2) is 3.30. The molecule has 0 bridgehead atoms. The molecule has 0 saturated heterocycles. The molecule has 1 rings (SSSR count). The molecular formula is C8H11N3O2. The van der Waals surface area contributed by atoms with Crippen LogP contribution < -0.4 is 5.73 Å². The molecule has 0 saturated carbocycles. The van der Waals surface area contributed by atoms with Crippen LogP contribution in [0.1, 0.15) is 16.2 Å². The van der Waals surface area contributed by atoms with Gasteiger partial charge >= 0.3 is 5.97 Å². The van der Waals surface area contributed by atoms with E-state index < -0.39 is 5.97 Å². The molecule has 3 N–H and O–H groups in total. The third kappa shape index (κ3) is 1.53. The normalized spacial score (nSPS) is 9.69. The zero-order valence-corrected chi connectivity index (χ0v) is 7.50. The van der Waals surface area contributed by atoms with Crippen molar-refractivity contribution in [3.63, 3.8) is 0 Å². The van der Waals surface area contributed by atoms with Gasteiger partial charge in [-0.1, -0.05) is 0 Å². The van der Waals surface area contributed by atoms with Crippen LogP contribution in [-0.2, 0) is 11.8 Å². The van der Waals surface area contributed by atoms with Crippen LogP contribution in [0.15, 0.2) is 12.1 Å². The van der Waals surface area contributed by atoms with Crippen molar-refractivity contribution in [3.05, 3.63) is 23.5 Å². The van der Waals surface area contributed by atoms with Crippen molar-refractivity contribution in [2.45, 2.75) is 0 Å². The van der Waals surface area contributed by atoms with Crippen LogP contribution >= 0.6 is 0 Å². The lowest BCUT2D eigenvalue weighted by Crippen LogP contribution is -2.17. The fourth-order valence-corrected chi connectivity index (χ4v) is 1.09.